The molecule has 6 heteroatoms. The van der Waals surface area contributed by atoms with Gasteiger partial charge in [-0.05, 0) is 12.1 Å². The van der Waals surface area contributed by atoms with E-state index in [0.717, 1.165) is 17.2 Å². The molecule has 0 aromatic carbocycles. The molecule has 0 radical (unpaired) electrons. The van der Waals surface area contributed by atoms with Gasteiger partial charge in [-0.2, -0.15) is 0 Å². The topological polar surface area (TPSA) is 84.0 Å². The van der Waals surface area contributed by atoms with Crippen molar-refractivity contribution in [1.82, 2.24) is 10.3 Å². The smallest absolute Gasteiger partial charge is 0.304 e. The van der Waals surface area contributed by atoms with Crippen LogP contribution >= 0.6 is 11.3 Å². The molecular formula is C10H13N3O2S. The van der Waals surface area contributed by atoms with Crippen molar-refractivity contribution in [3.05, 3.63) is 44.4 Å². The molecule has 4 N–H and O–H groups in total. The van der Waals surface area contributed by atoms with Crippen LogP contribution < -0.4 is 15.9 Å². The lowest BCUT2D eigenvalue weighted by Gasteiger charge is -1.99. The Morgan fingerprint density at radius 2 is 2.19 bits per heavy atom. The number of nitrogens with two attached hydrogens (primary N) is 1. The molecule has 0 aliphatic heterocycles. The molecule has 5 nitrogen and oxygen atoms in total. The van der Waals surface area contributed by atoms with Crippen LogP contribution in [-0.2, 0) is 19.6 Å². The molecular weight excluding hydrogens is 226 g/mol. The van der Waals surface area contributed by atoms with Crippen LogP contribution in [0.2, 0.25) is 0 Å². The highest BCUT2D eigenvalue weighted by Gasteiger charge is 2.01. The normalized spacial score (nSPS) is 10.8. The molecule has 16 heavy (non-hydrogen) atoms. The fourth-order valence-electron chi connectivity index (χ4n) is 1.35. The second-order valence-corrected chi connectivity index (χ2v) is 4.19. The number of hydrogen-bond donors (Lipinski definition) is 3. The van der Waals surface area contributed by atoms with Crippen molar-refractivity contribution in [2.45, 2.75) is 19.6 Å². The fourth-order valence-corrected chi connectivity index (χ4v) is 1.93. The van der Waals surface area contributed by atoms with Gasteiger partial charge in [0.05, 0.1) is 13.1 Å². The molecule has 2 aromatic heterocycles. The molecule has 0 atom stereocenters. The summed E-state index contributed by atoms with van der Waals surface area (Å²) in [4.78, 5) is 13.6. The van der Waals surface area contributed by atoms with Gasteiger partial charge in [-0.15, -0.1) is 0 Å². The molecule has 0 fully saturated rings. The van der Waals surface area contributed by atoms with Crippen molar-refractivity contribution in [2.24, 2.45) is 5.73 Å². The van der Waals surface area contributed by atoms with Crippen LogP contribution in [0.25, 0.3) is 0 Å². The van der Waals surface area contributed by atoms with Gasteiger partial charge in [0.25, 0.3) is 0 Å². The third-order valence-electron chi connectivity index (χ3n) is 2.10. The zero-order chi connectivity index (χ0) is 11.4. The first kappa shape index (κ1) is 11.1. The first-order valence-electron chi connectivity index (χ1n) is 4.93. The third kappa shape index (κ3) is 2.82. The number of aromatic amines is 1. The van der Waals surface area contributed by atoms with Crippen molar-refractivity contribution < 1.29 is 4.42 Å². The van der Waals surface area contributed by atoms with E-state index >= 15 is 0 Å². The Kier molecular flexibility index (Phi) is 3.55. The minimum absolute atomic E-state index is 0.0276. The monoisotopic (exact) mass is 239 g/mol. The maximum atomic E-state index is 10.9. The highest BCUT2D eigenvalue weighted by atomic mass is 32.1. The van der Waals surface area contributed by atoms with E-state index in [2.05, 4.69) is 10.3 Å². The van der Waals surface area contributed by atoms with Gasteiger partial charge >= 0.3 is 4.87 Å². The van der Waals surface area contributed by atoms with Crippen LogP contribution in [0.5, 0.6) is 0 Å². The van der Waals surface area contributed by atoms with Gasteiger partial charge < -0.3 is 20.5 Å². The SMILES string of the molecule is NCc1ccc(CNCc2csc(=O)[nH]2)o1. The summed E-state index contributed by atoms with van der Waals surface area (Å²) in [5.74, 6) is 1.62. The Morgan fingerprint density at radius 1 is 1.38 bits per heavy atom. The largest absolute Gasteiger partial charge is 0.463 e. The first-order valence-corrected chi connectivity index (χ1v) is 5.81. The standard InChI is InChI=1S/C10H13N3O2S/c11-3-8-1-2-9(15-8)5-12-4-7-6-16-10(14)13-7/h1-2,6,12H,3-5,11H2,(H,13,14). The van der Waals surface area contributed by atoms with E-state index < -0.39 is 0 Å². The lowest BCUT2D eigenvalue weighted by molar-refractivity contribution is 0.447. The summed E-state index contributed by atoms with van der Waals surface area (Å²) >= 11 is 1.17. The fraction of sp³-hybridized carbons (Fsp3) is 0.300. The Morgan fingerprint density at radius 3 is 2.81 bits per heavy atom. The number of furan rings is 1. The van der Waals surface area contributed by atoms with Gasteiger partial charge in [0, 0.05) is 17.6 Å². The second kappa shape index (κ2) is 5.11. The number of rotatable bonds is 5. The molecule has 0 saturated carbocycles. The number of nitrogens with one attached hydrogen (secondary N) is 2. The van der Waals surface area contributed by atoms with Gasteiger partial charge in [-0.25, -0.2) is 0 Å². The first-order chi connectivity index (χ1) is 7.78. The van der Waals surface area contributed by atoms with E-state index in [1.807, 2.05) is 17.5 Å². The Balaban J connectivity index is 1.81. The molecule has 0 amide bonds. The summed E-state index contributed by atoms with van der Waals surface area (Å²) in [7, 11) is 0. The molecule has 0 bridgehead atoms. The van der Waals surface area contributed by atoms with Crippen LogP contribution in [-0.4, -0.2) is 4.98 Å². The Hall–Kier alpha value is -1.37. The van der Waals surface area contributed by atoms with Crippen molar-refractivity contribution in [1.29, 1.82) is 0 Å². The van der Waals surface area contributed by atoms with Gasteiger partial charge in [-0.3, -0.25) is 4.79 Å². The van der Waals surface area contributed by atoms with Gasteiger partial charge in [-0.1, -0.05) is 11.3 Å². The average molecular weight is 239 g/mol. The van der Waals surface area contributed by atoms with Crippen molar-refractivity contribution in [2.75, 3.05) is 0 Å². The number of thiazole rings is 1. The zero-order valence-electron chi connectivity index (χ0n) is 8.66. The van der Waals surface area contributed by atoms with Crippen molar-refractivity contribution in [3.63, 3.8) is 0 Å². The molecule has 2 rings (SSSR count). The van der Waals surface area contributed by atoms with Gasteiger partial charge in [0.1, 0.15) is 11.5 Å². The van der Waals surface area contributed by atoms with Crippen molar-refractivity contribution in [3.8, 4) is 0 Å². The van der Waals surface area contributed by atoms with E-state index in [4.69, 9.17) is 10.2 Å². The molecule has 2 heterocycles. The molecule has 0 aliphatic rings. The average Bonchev–Trinajstić information content (AvgIpc) is 2.88. The predicted molar refractivity (Wildman–Crippen MR) is 62.1 cm³/mol. The third-order valence-corrected chi connectivity index (χ3v) is 2.82. The summed E-state index contributed by atoms with van der Waals surface area (Å²) in [5.41, 5.74) is 6.32. The zero-order valence-corrected chi connectivity index (χ0v) is 9.47. The number of H-pyrrole nitrogens is 1. The highest BCUT2D eigenvalue weighted by Crippen LogP contribution is 2.06. The van der Waals surface area contributed by atoms with Crippen molar-refractivity contribution >= 4 is 11.3 Å². The van der Waals surface area contributed by atoms with E-state index in [0.29, 0.717) is 19.6 Å². The van der Waals surface area contributed by atoms with Gasteiger partial charge in [0.15, 0.2) is 0 Å². The lowest BCUT2D eigenvalue weighted by atomic mass is 10.4. The molecule has 0 saturated heterocycles. The highest BCUT2D eigenvalue weighted by molar-refractivity contribution is 7.07. The molecule has 0 spiro atoms. The molecule has 86 valence electrons. The Bertz CT molecular complexity index is 500. The Labute approximate surface area is 96.3 Å². The lowest BCUT2D eigenvalue weighted by Crippen LogP contribution is -2.13. The summed E-state index contributed by atoms with van der Waals surface area (Å²) in [6.45, 7) is 1.66. The minimum atomic E-state index is -0.0276. The van der Waals surface area contributed by atoms with Crippen LogP contribution in [0.4, 0.5) is 0 Å². The van der Waals surface area contributed by atoms with Crippen LogP contribution in [0.1, 0.15) is 17.2 Å². The van der Waals surface area contributed by atoms with E-state index in [1.54, 1.807) is 0 Å². The minimum Gasteiger partial charge on any atom is -0.463 e. The van der Waals surface area contributed by atoms with Crippen LogP contribution in [0.15, 0.2) is 26.7 Å². The maximum Gasteiger partial charge on any atom is 0.304 e. The van der Waals surface area contributed by atoms with Crippen LogP contribution in [0, 0.1) is 0 Å². The van der Waals surface area contributed by atoms with E-state index in [9.17, 15) is 4.79 Å². The summed E-state index contributed by atoms with van der Waals surface area (Å²) in [6.07, 6.45) is 0. The number of aromatic nitrogens is 1. The molecule has 0 unspecified atom stereocenters. The van der Waals surface area contributed by atoms with E-state index in [1.165, 1.54) is 11.3 Å². The predicted octanol–water partition coefficient (Wildman–Crippen LogP) is 0.778. The quantitative estimate of drug-likeness (QED) is 0.720. The van der Waals surface area contributed by atoms with Crippen LogP contribution in [0.3, 0.4) is 0 Å². The maximum absolute atomic E-state index is 10.9. The van der Waals surface area contributed by atoms with Gasteiger partial charge in [0.2, 0.25) is 0 Å². The second-order valence-electron chi connectivity index (χ2n) is 3.35. The summed E-state index contributed by atoms with van der Waals surface area (Å²) in [6, 6.07) is 3.76. The molecule has 2 aromatic rings. The van der Waals surface area contributed by atoms with E-state index in [-0.39, 0.29) is 4.87 Å². The summed E-state index contributed by atoms with van der Waals surface area (Å²) in [5, 5.41) is 4.98. The molecule has 0 aliphatic carbocycles. The summed E-state index contributed by atoms with van der Waals surface area (Å²) < 4.78 is 5.42. The number of hydrogen-bond acceptors (Lipinski definition) is 5.